The van der Waals surface area contributed by atoms with Gasteiger partial charge in [-0.2, -0.15) is 0 Å². The summed E-state index contributed by atoms with van der Waals surface area (Å²) in [5.41, 5.74) is 1.04. The van der Waals surface area contributed by atoms with E-state index in [0.717, 1.165) is 5.56 Å². The summed E-state index contributed by atoms with van der Waals surface area (Å²) in [6.45, 7) is 1.86. The van der Waals surface area contributed by atoms with E-state index in [1.807, 2.05) is 13.0 Å². The lowest BCUT2D eigenvalue weighted by atomic mass is 10.2. The number of hydrogen-bond acceptors (Lipinski definition) is 4. The number of nitrogens with one attached hydrogen (secondary N) is 2. The van der Waals surface area contributed by atoms with Crippen LogP contribution in [-0.2, 0) is 0 Å². The van der Waals surface area contributed by atoms with Crippen LogP contribution in [0.3, 0.4) is 0 Å². The van der Waals surface area contributed by atoms with Gasteiger partial charge in [0.05, 0.1) is 5.02 Å². The standard InChI is InChI=1S/C13H13ClN4O/c1-8-4-3-7-16-12(8)18-13(19)11-9(14)5-6-10(15-2)17-11/h3-7H,1-2H3,(H,15,17)(H,16,18,19). The van der Waals surface area contributed by atoms with Crippen LogP contribution in [-0.4, -0.2) is 22.9 Å². The summed E-state index contributed by atoms with van der Waals surface area (Å²) in [5.74, 6) is 0.691. The first-order valence-corrected chi connectivity index (χ1v) is 6.07. The van der Waals surface area contributed by atoms with Gasteiger partial charge in [-0.15, -0.1) is 0 Å². The van der Waals surface area contributed by atoms with E-state index in [2.05, 4.69) is 20.6 Å². The summed E-state index contributed by atoms with van der Waals surface area (Å²) in [6.07, 6.45) is 1.61. The van der Waals surface area contributed by atoms with E-state index in [1.54, 1.807) is 31.4 Å². The van der Waals surface area contributed by atoms with Gasteiger partial charge in [-0.3, -0.25) is 4.79 Å². The molecule has 0 spiro atoms. The van der Waals surface area contributed by atoms with Crippen LogP contribution in [0.15, 0.2) is 30.5 Å². The molecule has 1 amide bonds. The first-order chi connectivity index (χ1) is 9.11. The molecule has 2 heterocycles. The molecule has 0 aliphatic heterocycles. The van der Waals surface area contributed by atoms with Crippen molar-refractivity contribution in [3.63, 3.8) is 0 Å². The number of hydrogen-bond donors (Lipinski definition) is 2. The molecule has 0 radical (unpaired) electrons. The second-order valence-electron chi connectivity index (χ2n) is 3.90. The monoisotopic (exact) mass is 276 g/mol. The molecule has 0 aliphatic carbocycles. The van der Waals surface area contributed by atoms with Crippen molar-refractivity contribution in [2.75, 3.05) is 17.7 Å². The lowest BCUT2D eigenvalue weighted by Crippen LogP contribution is -2.16. The molecule has 0 aliphatic rings. The van der Waals surface area contributed by atoms with Crippen LogP contribution in [0.5, 0.6) is 0 Å². The van der Waals surface area contributed by atoms with E-state index in [1.165, 1.54) is 0 Å². The summed E-state index contributed by atoms with van der Waals surface area (Å²) >= 11 is 5.98. The summed E-state index contributed by atoms with van der Waals surface area (Å²) in [6, 6.07) is 6.99. The minimum absolute atomic E-state index is 0.165. The highest BCUT2D eigenvalue weighted by molar-refractivity contribution is 6.34. The molecular weight excluding hydrogens is 264 g/mol. The highest BCUT2D eigenvalue weighted by Gasteiger charge is 2.14. The number of carbonyl (C=O) groups excluding carboxylic acids is 1. The third-order valence-electron chi connectivity index (χ3n) is 2.56. The van der Waals surface area contributed by atoms with Crippen molar-refractivity contribution in [3.8, 4) is 0 Å². The fourth-order valence-corrected chi connectivity index (χ4v) is 1.71. The van der Waals surface area contributed by atoms with Gasteiger partial charge in [-0.25, -0.2) is 9.97 Å². The number of aryl methyl sites for hydroxylation is 1. The largest absolute Gasteiger partial charge is 0.373 e. The number of carbonyl (C=O) groups is 1. The highest BCUT2D eigenvalue weighted by atomic mass is 35.5. The van der Waals surface area contributed by atoms with Crippen molar-refractivity contribution >= 4 is 29.1 Å². The molecule has 19 heavy (non-hydrogen) atoms. The summed E-state index contributed by atoms with van der Waals surface area (Å²) in [7, 11) is 1.72. The van der Waals surface area contributed by atoms with Crippen molar-refractivity contribution in [1.29, 1.82) is 0 Å². The Balaban J connectivity index is 2.28. The predicted molar refractivity (Wildman–Crippen MR) is 75.7 cm³/mol. The summed E-state index contributed by atoms with van der Waals surface area (Å²) in [5, 5.41) is 5.85. The molecule has 0 saturated carbocycles. The Morgan fingerprint density at radius 3 is 2.79 bits per heavy atom. The maximum Gasteiger partial charge on any atom is 0.277 e. The van der Waals surface area contributed by atoms with Gasteiger partial charge in [-0.1, -0.05) is 17.7 Å². The molecule has 0 saturated heterocycles. The first kappa shape index (κ1) is 13.3. The zero-order valence-corrected chi connectivity index (χ0v) is 11.3. The Kier molecular flexibility index (Phi) is 3.97. The zero-order valence-electron chi connectivity index (χ0n) is 10.6. The van der Waals surface area contributed by atoms with E-state index in [-0.39, 0.29) is 11.6 Å². The number of halogens is 1. The van der Waals surface area contributed by atoms with Crippen LogP contribution in [0.1, 0.15) is 16.1 Å². The Labute approximate surface area is 116 Å². The predicted octanol–water partition coefficient (Wildman–Crippen LogP) is 2.73. The second kappa shape index (κ2) is 5.67. The fourth-order valence-electron chi connectivity index (χ4n) is 1.52. The van der Waals surface area contributed by atoms with Gasteiger partial charge in [0.2, 0.25) is 0 Å². The molecular formula is C13H13ClN4O. The van der Waals surface area contributed by atoms with Crippen molar-refractivity contribution < 1.29 is 4.79 Å². The summed E-state index contributed by atoms with van der Waals surface area (Å²) < 4.78 is 0. The lowest BCUT2D eigenvalue weighted by Gasteiger charge is -2.08. The van der Waals surface area contributed by atoms with E-state index >= 15 is 0 Å². The van der Waals surface area contributed by atoms with Crippen molar-refractivity contribution in [2.45, 2.75) is 6.92 Å². The number of pyridine rings is 2. The molecule has 5 nitrogen and oxygen atoms in total. The molecule has 6 heteroatoms. The quantitative estimate of drug-likeness (QED) is 0.905. The third kappa shape index (κ3) is 3.00. The molecule has 2 rings (SSSR count). The van der Waals surface area contributed by atoms with Gasteiger partial charge < -0.3 is 10.6 Å². The molecule has 0 bridgehead atoms. The number of aromatic nitrogens is 2. The zero-order chi connectivity index (χ0) is 13.8. The van der Waals surface area contributed by atoms with Crippen molar-refractivity contribution in [3.05, 3.63) is 46.7 Å². The van der Waals surface area contributed by atoms with Crippen LogP contribution >= 0.6 is 11.6 Å². The molecule has 2 N–H and O–H groups in total. The van der Waals surface area contributed by atoms with Crippen molar-refractivity contribution in [2.24, 2.45) is 0 Å². The normalized spacial score (nSPS) is 10.1. The number of amides is 1. The molecule has 0 unspecified atom stereocenters. The topological polar surface area (TPSA) is 66.9 Å². The Morgan fingerprint density at radius 2 is 2.11 bits per heavy atom. The van der Waals surface area contributed by atoms with Gasteiger partial charge in [0, 0.05) is 13.2 Å². The summed E-state index contributed by atoms with van der Waals surface area (Å²) in [4.78, 5) is 20.4. The van der Waals surface area contributed by atoms with Crippen molar-refractivity contribution in [1.82, 2.24) is 9.97 Å². The highest BCUT2D eigenvalue weighted by Crippen LogP contribution is 2.18. The van der Waals surface area contributed by atoms with Gasteiger partial charge in [-0.05, 0) is 30.7 Å². The van der Waals surface area contributed by atoms with Crippen LogP contribution < -0.4 is 10.6 Å². The maximum absolute atomic E-state index is 12.1. The molecule has 0 aromatic carbocycles. The van der Waals surface area contributed by atoms with E-state index in [4.69, 9.17) is 11.6 Å². The number of nitrogens with zero attached hydrogens (tertiary/aromatic N) is 2. The van der Waals surface area contributed by atoms with Crippen LogP contribution in [0.4, 0.5) is 11.6 Å². The van der Waals surface area contributed by atoms with E-state index in [0.29, 0.717) is 16.7 Å². The van der Waals surface area contributed by atoms with Crippen LogP contribution in [0, 0.1) is 6.92 Å². The van der Waals surface area contributed by atoms with Crippen LogP contribution in [0.25, 0.3) is 0 Å². The average Bonchev–Trinajstić information content (AvgIpc) is 2.42. The lowest BCUT2D eigenvalue weighted by molar-refractivity contribution is 0.102. The molecule has 0 atom stereocenters. The molecule has 98 valence electrons. The smallest absolute Gasteiger partial charge is 0.277 e. The second-order valence-corrected chi connectivity index (χ2v) is 4.31. The van der Waals surface area contributed by atoms with E-state index in [9.17, 15) is 4.79 Å². The Bertz CT molecular complexity index is 615. The van der Waals surface area contributed by atoms with Crippen LogP contribution in [0.2, 0.25) is 5.02 Å². The third-order valence-corrected chi connectivity index (χ3v) is 2.86. The number of rotatable bonds is 3. The van der Waals surface area contributed by atoms with Gasteiger partial charge in [0.1, 0.15) is 17.3 Å². The maximum atomic E-state index is 12.1. The van der Waals surface area contributed by atoms with E-state index < -0.39 is 0 Å². The fraction of sp³-hybridized carbons (Fsp3) is 0.154. The van der Waals surface area contributed by atoms with Gasteiger partial charge >= 0.3 is 0 Å². The van der Waals surface area contributed by atoms with Gasteiger partial charge in [0.25, 0.3) is 5.91 Å². The minimum atomic E-state index is -0.385. The Hall–Kier alpha value is -2.14. The first-order valence-electron chi connectivity index (χ1n) is 5.69. The SMILES string of the molecule is CNc1ccc(Cl)c(C(=O)Nc2ncccc2C)n1. The number of anilines is 2. The molecule has 2 aromatic heterocycles. The van der Waals surface area contributed by atoms with Gasteiger partial charge in [0.15, 0.2) is 0 Å². The molecule has 0 fully saturated rings. The molecule has 2 aromatic rings. The average molecular weight is 277 g/mol. The minimum Gasteiger partial charge on any atom is -0.373 e. The Morgan fingerprint density at radius 1 is 1.32 bits per heavy atom.